The average molecular weight is 341 g/mol. The molecule has 0 aliphatic heterocycles. The predicted molar refractivity (Wildman–Crippen MR) is 94.6 cm³/mol. The van der Waals surface area contributed by atoms with Crippen LogP contribution in [-0.4, -0.2) is 23.3 Å². The van der Waals surface area contributed by atoms with Gasteiger partial charge in [-0.2, -0.15) is 0 Å². The highest BCUT2D eigenvalue weighted by atomic mass is 16.6. The molecule has 0 aliphatic rings. The molecule has 130 valence electrons. The lowest BCUT2D eigenvalue weighted by Gasteiger charge is -2.08. The number of non-ortho nitro benzene ring substituents is 1. The van der Waals surface area contributed by atoms with E-state index in [-0.39, 0.29) is 30.1 Å². The third-order valence-corrected chi connectivity index (χ3v) is 3.75. The van der Waals surface area contributed by atoms with Gasteiger partial charge in [-0.25, -0.2) is 0 Å². The summed E-state index contributed by atoms with van der Waals surface area (Å²) in [4.78, 5) is 34.1. The first-order valence-electron chi connectivity index (χ1n) is 7.76. The van der Waals surface area contributed by atoms with Crippen molar-refractivity contribution in [2.45, 2.75) is 20.3 Å². The predicted octanol–water partition coefficient (Wildman–Crippen LogP) is 2.97. The molecule has 0 aliphatic carbocycles. The zero-order valence-corrected chi connectivity index (χ0v) is 14.0. The third kappa shape index (κ3) is 5.13. The molecule has 0 atom stereocenters. The van der Waals surface area contributed by atoms with Crippen LogP contribution in [0.1, 0.15) is 27.9 Å². The number of aryl methyl sites for hydroxylation is 2. The Kier molecular flexibility index (Phi) is 5.84. The molecule has 2 aromatic carbocycles. The van der Waals surface area contributed by atoms with Crippen LogP contribution >= 0.6 is 0 Å². The molecule has 0 spiro atoms. The molecule has 25 heavy (non-hydrogen) atoms. The highest BCUT2D eigenvalue weighted by Gasteiger charge is 2.11. The number of hydrogen-bond donors (Lipinski definition) is 2. The largest absolute Gasteiger partial charge is 0.352 e. The third-order valence-electron chi connectivity index (χ3n) is 3.75. The lowest BCUT2D eigenvalue weighted by molar-refractivity contribution is -0.384. The Morgan fingerprint density at radius 1 is 1.08 bits per heavy atom. The normalized spacial score (nSPS) is 10.2. The lowest BCUT2D eigenvalue weighted by atomic mass is 10.1. The number of nitrogens with zero attached hydrogens (tertiary/aromatic N) is 1. The number of nitrogens with one attached hydrogen (secondary N) is 2. The van der Waals surface area contributed by atoms with Crippen molar-refractivity contribution in [1.82, 2.24) is 5.32 Å². The highest BCUT2D eigenvalue weighted by Crippen LogP contribution is 2.14. The van der Waals surface area contributed by atoms with E-state index in [2.05, 4.69) is 10.6 Å². The highest BCUT2D eigenvalue weighted by molar-refractivity contribution is 5.95. The Labute approximate surface area is 145 Å². The molecule has 2 rings (SSSR count). The number of benzene rings is 2. The van der Waals surface area contributed by atoms with Crippen LogP contribution in [0.4, 0.5) is 11.4 Å². The SMILES string of the molecule is Cc1ccc(NC(=O)CCNC(=O)c2cccc([N+](=O)[O-])c2)cc1C. The summed E-state index contributed by atoms with van der Waals surface area (Å²) in [6.07, 6.45) is 0.105. The van der Waals surface area contributed by atoms with Crippen molar-refractivity contribution in [3.8, 4) is 0 Å². The summed E-state index contributed by atoms with van der Waals surface area (Å²) in [7, 11) is 0. The summed E-state index contributed by atoms with van der Waals surface area (Å²) in [5, 5.41) is 16.1. The lowest BCUT2D eigenvalue weighted by Crippen LogP contribution is -2.27. The molecule has 0 saturated heterocycles. The van der Waals surface area contributed by atoms with Gasteiger partial charge in [-0.3, -0.25) is 19.7 Å². The first-order valence-corrected chi connectivity index (χ1v) is 7.76. The van der Waals surface area contributed by atoms with Gasteiger partial charge < -0.3 is 10.6 Å². The summed E-state index contributed by atoms with van der Waals surface area (Å²) < 4.78 is 0. The molecule has 0 aromatic heterocycles. The van der Waals surface area contributed by atoms with Gasteiger partial charge in [-0.05, 0) is 43.2 Å². The fraction of sp³-hybridized carbons (Fsp3) is 0.222. The minimum atomic E-state index is -0.562. The Hall–Kier alpha value is -3.22. The average Bonchev–Trinajstić information content (AvgIpc) is 2.58. The molecule has 2 N–H and O–H groups in total. The van der Waals surface area contributed by atoms with E-state index in [1.54, 1.807) is 0 Å². The van der Waals surface area contributed by atoms with Crippen LogP contribution in [0.15, 0.2) is 42.5 Å². The molecule has 0 bridgehead atoms. The molecule has 0 radical (unpaired) electrons. The van der Waals surface area contributed by atoms with Crippen LogP contribution in [0.25, 0.3) is 0 Å². The summed E-state index contributed by atoms with van der Waals surface area (Å²) in [5.74, 6) is -0.676. The van der Waals surface area contributed by atoms with Crippen molar-refractivity contribution in [3.63, 3.8) is 0 Å². The van der Waals surface area contributed by atoms with E-state index < -0.39 is 10.8 Å². The molecular formula is C18H19N3O4. The summed E-state index contributed by atoms with van der Waals surface area (Å²) in [6, 6.07) is 11.1. The van der Waals surface area contributed by atoms with Crippen LogP contribution in [0.5, 0.6) is 0 Å². The van der Waals surface area contributed by atoms with E-state index in [1.165, 1.54) is 24.3 Å². The van der Waals surface area contributed by atoms with Gasteiger partial charge in [0.25, 0.3) is 11.6 Å². The first kappa shape index (κ1) is 18.1. The molecule has 0 unspecified atom stereocenters. The summed E-state index contributed by atoms with van der Waals surface area (Å²) >= 11 is 0. The quantitative estimate of drug-likeness (QED) is 0.623. The number of carbonyl (C=O) groups excluding carboxylic acids is 2. The van der Waals surface area contributed by atoms with E-state index in [0.29, 0.717) is 5.69 Å². The minimum absolute atomic E-state index is 0.105. The van der Waals surface area contributed by atoms with Gasteiger partial charge in [-0.1, -0.05) is 12.1 Å². The van der Waals surface area contributed by atoms with E-state index in [4.69, 9.17) is 0 Å². The molecule has 2 amide bonds. The van der Waals surface area contributed by atoms with E-state index in [9.17, 15) is 19.7 Å². The summed E-state index contributed by atoms with van der Waals surface area (Å²) in [6.45, 7) is 4.09. The molecule has 7 heteroatoms. The molecule has 0 fully saturated rings. The smallest absolute Gasteiger partial charge is 0.270 e. The second-order valence-electron chi connectivity index (χ2n) is 5.66. The van der Waals surface area contributed by atoms with Gasteiger partial charge in [0.15, 0.2) is 0 Å². The molecule has 2 aromatic rings. The maximum absolute atomic E-state index is 12.0. The summed E-state index contributed by atoms with van der Waals surface area (Å²) in [5.41, 5.74) is 2.96. The van der Waals surface area contributed by atoms with Crippen molar-refractivity contribution >= 4 is 23.2 Å². The number of rotatable bonds is 6. The number of amides is 2. The van der Waals surface area contributed by atoms with Gasteiger partial charge in [0.05, 0.1) is 4.92 Å². The fourth-order valence-corrected chi connectivity index (χ4v) is 2.20. The van der Waals surface area contributed by atoms with Crippen LogP contribution < -0.4 is 10.6 Å². The van der Waals surface area contributed by atoms with E-state index in [1.807, 2.05) is 32.0 Å². The number of hydrogen-bond acceptors (Lipinski definition) is 4. The van der Waals surface area contributed by atoms with Gasteiger partial charge in [0.2, 0.25) is 5.91 Å². The van der Waals surface area contributed by atoms with Gasteiger partial charge >= 0.3 is 0 Å². The first-order chi connectivity index (χ1) is 11.9. The van der Waals surface area contributed by atoms with Crippen LogP contribution in [0.2, 0.25) is 0 Å². The van der Waals surface area contributed by atoms with Gasteiger partial charge in [0.1, 0.15) is 0 Å². The second kappa shape index (κ2) is 8.05. The molecule has 7 nitrogen and oxygen atoms in total. The molecule has 0 heterocycles. The Morgan fingerprint density at radius 3 is 2.52 bits per heavy atom. The molecular weight excluding hydrogens is 322 g/mol. The van der Waals surface area contributed by atoms with Crippen molar-refractivity contribution in [1.29, 1.82) is 0 Å². The Bertz CT molecular complexity index is 818. The zero-order chi connectivity index (χ0) is 18.4. The number of nitro groups is 1. The number of nitro benzene ring substituents is 1. The van der Waals surface area contributed by atoms with Crippen LogP contribution in [0, 0.1) is 24.0 Å². The fourth-order valence-electron chi connectivity index (χ4n) is 2.20. The number of anilines is 1. The topological polar surface area (TPSA) is 101 Å². The van der Waals surface area contributed by atoms with Gasteiger partial charge in [0, 0.05) is 36.3 Å². The Balaban J connectivity index is 1.84. The van der Waals surface area contributed by atoms with Crippen molar-refractivity contribution in [3.05, 3.63) is 69.3 Å². The van der Waals surface area contributed by atoms with Crippen molar-refractivity contribution < 1.29 is 14.5 Å². The maximum atomic E-state index is 12.0. The van der Waals surface area contributed by atoms with E-state index in [0.717, 1.165) is 11.1 Å². The standard InChI is InChI=1S/C18H19N3O4/c1-12-6-7-15(10-13(12)2)20-17(22)8-9-19-18(23)14-4-3-5-16(11-14)21(24)25/h3-7,10-11H,8-9H2,1-2H3,(H,19,23)(H,20,22). The number of carbonyl (C=O) groups is 2. The maximum Gasteiger partial charge on any atom is 0.270 e. The Morgan fingerprint density at radius 2 is 1.84 bits per heavy atom. The van der Waals surface area contributed by atoms with E-state index >= 15 is 0 Å². The molecule has 0 saturated carbocycles. The van der Waals surface area contributed by atoms with Crippen molar-refractivity contribution in [2.24, 2.45) is 0 Å². The second-order valence-corrected chi connectivity index (χ2v) is 5.66. The zero-order valence-electron chi connectivity index (χ0n) is 14.0. The van der Waals surface area contributed by atoms with Crippen LogP contribution in [-0.2, 0) is 4.79 Å². The van der Waals surface area contributed by atoms with Gasteiger partial charge in [-0.15, -0.1) is 0 Å². The van der Waals surface area contributed by atoms with Crippen molar-refractivity contribution in [2.75, 3.05) is 11.9 Å². The monoisotopic (exact) mass is 341 g/mol. The van der Waals surface area contributed by atoms with Crippen LogP contribution in [0.3, 0.4) is 0 Å². The minimum Gasteiger partial charge on any atom is -0.352 e.